The minimum absolute atomic E-state index is 0.123. The van der Waals surface area contributed by atoms with Gasteiger partial charge in [0.25, 0.3) is 5.91 Å². The fraction of sp³-hybridized carbons (Fsp3) is 0.333. The molecule has 0 aliphatic heterocycles. The molecule has 0 bridgehead atoms. The Hall–Kier alpha value is -3.13. The lowest BCUT2D eigenvalue weighted by molar-refractivity contribution is 0.0792. The fourth-order valence-corrected chi connectivity index (χ4v) is 4.09. The lowest BCUT2D eigenvalue weighted by Crippen LogP contribution is -2.28. The molecule has 32 heavy (non-hydrogen) atoms. The zero-order valence-corrected chi connectivity index (χ0v) is 19.6. The summed E-state index contributed by atoms with van der Waals surface area (Å²) in [7, 11) is -1.63. The van der Waals surface area contributed by atoms with Gasteiger partial charge in [0.1, 0.15) is 0 Å². The molecule has 1 amide bonds. The molecule has 0 spiro atoms. The van der Waals surface area contributed by atoms with Crippen LogP contribution in [0.2, 0.25) is 0 Å². The second-order valence-corrected chi connectivity index (χ2v) is 9.83. The maximum atomic E-state index is 12.7. The summed E-state index contributed by atoms with van der Waals surface area (Å²) in [6.45, 7) is 2.44. The average Bonchev–Trinajstić information content (AvgIpc) is 3.23. The molecule has 1 heterocycles. The highest BCUT2D eigenvalue weighted by molar-refractivity contribution is 7.92. The van der Waals surface area contributed by atoms with E-state index in [2.05, 4.69) is 21.0 Å². The van der Waals surface area contributed by atoms with Crippen molar-refractivity contribution in [2.24, 2.45) is 0 Å². The van der Waals surface area contributed by atoms with Gasteiger partial charge < -0.3 is 4.90 Å². The Morgan fingerprint density at radius 1 is 1.06 bits per heavy atom. The van der Waals surface area contributed by atoms with Crippen LogP contribution in [0.15, 0.2) is 54.6 Å². The number of anilines is 1. The number of nitrogens with one attached hydrogen (secondary N) is 2. The summed E-state index contributed by atoms with van der Waals surface area (Å²) in [5, 5.41) is 7.49. The van der Waals surface area contributed by atoms with Gasteiger partial charge in [0.15, 0.2) is 0 Å². The quantitative estimate of drug-likeness (QED) is 0.448. The van der Waals surface area contributed by atoms with Crippen molar-refractivity contribution in [2.45, 2.75) is 32.6 Å². The maximum absolute atomic E-state index is 12.7. The van der Waals surface area contributed by atoms with Crippen molar-refractivity contribution in [1.82, 2.24) is 15.1 Å². The van der Waals surface area contributed by atoms with E-state index in [9.17, 15) is 13.2 Å². The Labute approximate surface area is 189 Å². The number of amides is 1. The first-order valence-electron chi connectivity index (χ1n) is 10.7. The van der Waals surface area contributed by atoms with E-state index in [-0.39, 0.29) is 5.91 Å². The van der Waals surface area contributed by atoms with Gasteiger partial charge in [-0.15, -0.1) is 0 Å². The molecule has 0 unspecified atom stereocenters. The highest BCUT2D eigenvalue weighted by atomic mass is 32.2. The highest BCUT2D eigenvalue weighted by Crippen LogP contribution is 2.20. The number of carbonyl (C=O) groups is 1. The van der Waals surface area contributed by atoms with Crippen LogP contribution in [0.25, 0.3) is 11.3 Å². The van der Waals surface area contributed by atoms with E-state index < -0.39 is 10.0 Å². The van der Waals surface area contributed by atoms with Gasteiger partial charge >= 0.3 is 0 Å². The Morgan fingerprint density at radius 3 is 2.53 bits per heavy atom. The molecule has 0 fully saturated rings. The maximum Gasteiger partial charge on any atom is 0.253 e. The molecule has 0 aliphatic carbocycles. The molecule has 3 rings (SSSR count). The Balaban J connectivity index is 1.45. The first kappa shape index (κ1) is 23.5. The third kappa shape index (κ3) is 6.68. The average molecular weight is 455 g/mol. The minimum Gasteiger partial charge on any atom is -0.342 e. The van der Waals surface area contributed by atoms with Crippen LogP contribution < -0.4 is 4.72 Å². The number of nitrogens with zero attached hydrogens (tertiary/aromatic N) is 2. The van der Waals surface area contributed by atoms with Crippen molar-refractivity contribution in [3.63, 3.8) is 0 Å². The molecule has 0 radical (unpaired) electrons. The molecular formula is C24H30N4O3S. The van der Waals surface area contributed by atoms with E-state index in [1.54, 1.807) is 37.1 Å². The molecule has 0 aliphatic rings. The molecule has 0 atom stereocenters. The zero-order chi connectivity index (χ0) is 23.1. The van der Waals surface area contributed by atoms with Gasteiger partial charge in [-0.25, -0.2) is 8.42 Å². The molecule has 7 nitrogen and oxygen atoms in total. The molecule has 8 heteroatoms. The summed E-state index contributed by atoms with van der Waals surface area (Å²) in [5.41, 5.74) is 4.83. The highest BCUT2D eigenvalue weighted by Gasteiger charge is 2.14. The van der Waals surface area contributed by atoms with Gasteiger partial charge in [-0.1, -0.05) is 42.8 Å². The summed E-state index contributed by atoms with van der Waals surface area (Å²) in [6.07, 6.45) is 4.90. The van der Waals surface area contributed by atoms with Crippen molar-refractivity contribution < 1.29 is 13.2 Å². The summed E-state index contributed by atoms with van der Waals surface area (Å²) in [5.74, 6) is -0.123. The lowest BCUT2D eigenvalue weighted by atomic mass is 10.1. The molecule has 2 N–H and O–H groups in total. The molecule has 2 aromatic carbocycles. The second kappa shape index (κ2) is 10.5. The predicted octanol–water partition coefficient (Wildman–Crippen LogP) is 4.24. The number of rotatable bonds is 10. The van der Waals surface area contributed by atoms with Gasteiger partial charge in [0.2, 0.25) is 10.0 Å². The van der Waals surface area contributed by atoms with Gasteiger partial charge in [0, 0.05) is 30.4 Å². The van der Waals surface area contributed by atoms with Gasteiger partial charge in [-0.05, 0) is 49.9 Å². The Bertz CT molecular complexity index is 1160. The van der Waals surface area contributed by atoms with Crippen LogP contribution in [0.4, 0.5) is 5.69 Å². The van der Waals surface area contributed by atoms with Crippen molar-refractivity contribution in [3.05, 3.63) is 71.4 Å². The van der Waals surface area contributed by atoms with Crippen molar-refractivity contribution in [3.8, 4) is 11.3 Å². The van der Waals surface area contributed by atoms with Crippen molar-refractivity contribution in [1.29, 1.82) is 0 Å². The molecule has 0 saturated carbocycles. The number of H-pyrrole nitrogens is 1. The first-order valence-corrected chi connectivity index (χ1v) is 12.6. The summed E-state index contributed by atoms with van der Waals surface area (Å²) >= 11 is 0. The van der Waals surface area contributed by atoms with E-state index in [0.29, 0.717) is 17.8 Å². The number of unbranched alkanes of at least 4 members (excludes halogenated alkanes) is 2. The number of benzene rings is 2. The van der Waals surface area contributed by atoms with Crippen LogP contribution in [0, 0.1) is 6.92 Å². The molecule has 170 valence electrons. The Morgan fingerprint density at radius 2 is 1.81 bits per heavy atom. The van der Waals surface area contributed by atoms with E-state index in [1.807, 2.05) is 30.3 Å². The largest absolute Gasteiger partial charge is 0.342 e. The summed E-state index contributed by atoms with van der Waals surface area (Å²) in [6, 6.07) is 17.2. The monoisotopic (exact) mass is 454 g/mol. The number of hydrogen-bond acceptors (Lipinski definition) is 4. The fourth-order valence-electron chi connectivity index (χ4n) is 3.47. The van der Waals surface area contributed by atoms with Crippen LogP contribution in [-0.2, 0) is 16.4 Å². The zero-order valence-electron chi connectivity index (χ0n) is 18.8. The third-order valence-electron chi connectivity index (χ3n) is 5.27. The van der Waals surface area contributed by atoms with Crippen LogP contribution in [0.3, 0.4) is 0 Å². The van der Waals surface area contributed by atoms with Crippen LogP contribution >= 0.6 is 0 Å². The Kier molecular flexibility index (Phi) is 7.69. The molecule has 0 saturated heterocycles. The van der Waals surface area contributed by atoms with E-state index in [0.717, 1.165) is 54.5 Å². The van der Waals surface area contributed by atoms with Crippen LogP contribution in [0.1, 0.15) is 40.9 Å². The summed E-state index contributed by atoms with van der Waals surface area (Å²) in [4.78, 5) is 14.4. The second-order valence-electron chi connectivity index (χ2n) is 8.09. The molecule has 1 aromatic heterocycles. The number of aryl methyl sites for hydroxylation is 2. The topological polar surface area (TPSA) is 95.2 Å². The van der Waals surface area contributed by atoms with Crippen LogP contribution in [0.5, 0.6) is 0 Å². The molecule has 3 aromatic rings. The van der Waals surface area contributed by atoms with E-state index >= 15 is 0 Å². The first-order chi connectivity index (χ1) is 15.2. The number of sulfonamides is 1. The van der Waals surface area contributed by atoms with Gasteiger partial charge in [0.05, 0.1) is 17.6 Å². The lowest BCUT2D eigenvalue weighted by Gasteiger charge is -2.18. The number of aromatic amines is 1. The predicted molar refractivity (Wildman–Crippen MR) is 128 cm³/mol. The standard InChI is InChI=1S/C24H30N4O3S/c1-18-13-14-20(16-22(18)27-32(3,30)31)24(29)28(2)15-9-5-8-12-21-17-23(26-25-21)19-10-6-4-7-11-19/h4,6-7,10-11,13-14,16-17,27H,5,8-9,12,15H2,1-3H3,(H,25,26). The normalized spacial score (nSPS) is 11.3. The molecular weight excluding hydrogens is 424 g/mol. The van der Waals surface area contributed by atoms with Gasteiger partial charge in [-0.3, -0.25) is 14.6 Å². The van der Waals surface area contributed by atoms with E-state index in [1.165, 1.54) is 0 Å². The number of aromatic nitrogens is 2. The van der Waals surface area contributed by atoms with Gasteiger partial charge in [-0.2, -0.15) is 5.10 Å². The SMILES string of the molecule is Cc1ccc(C(=O)N(C)CCCCCc2cc(-c3ccccc3)n[nH]2)cc1NS(C)(=O)=O. The van der Waals surface area contributed by atoms with Crippen molar-refractivity contribution >= 4 is 21.6 Å². The number of hydrogen-bond donors (Lipinski definition) is 2. The van der Waals surface area contributed by atoms with Crippen LogP contribution in [-0.4, -0.2) is 49.3 Å². The third-order valence-corrected chi connectivity index (χ3v) is 5.86. The van der Waals surface area contributed by atoms with E-state index in [4.69, 9.17) is 0 Å². The summed E-state index contributed by atoms with van der Waals surface area (Å²) < 4.78 is 25.5. The minimum atomic E-state index is -3.40. The number of carbonyl (C=O) groups excluding carboxylic acids is 1. The van der Waals surface area contributed by atoms with Crippen molar-refractivity contribution in [2.75, 3.05) is 24.6 Å². The smallest absolute Gasteiger partial charge is 0.253 e.